The Balaban J connectivity index is 2.39. The van der Waals surface area contributed by atoms with Crippen LogP contribution in [0, 0.1) is 0 Å². The molecule has 138 valence electrons. The van der Waals surface area contributed by atoms with Gasteiger partial charge in [0.15, 0.2) is 0 Å². The Kier molecular flexibility index (Phi) is 6.68. The van der Waals surface area contributed by atoms with Gasteiger partial charge in [0, 0.05) is 0 Å². The Morgan fingerprint density at radius 2 is 1.52 bits per heavy atom. The molecule has 0 unspecified atom stereocenters. The SMILES string of the molecule is CSC(SC)=C(C(=O)ON1C(C)(C)CCCC1(C)C)c1ccccc1. The van der Waals surface area contributed by atoms with Gasteiger partial charge in [-0.1, -0.05) is 30.3 Å². The third kappa shape index (κ3) is 4.63. The molecule has 1 saturated heterocycles. The molecule has 0 atom stereocenters. The molecule has 0 bridgehead atoms. The summed E-state index contributed by atoms with van der Waals surface area (Å²) in [4.78, 5) is 19.2. The van der Waals surface area contributed by atoms with E-state index in [0.717, 1.165) is 29.1 Å². The highest BCUT2D eigenvalue weighted by Gasteiger charge is 2.44. The Labute approximate surface area is 160 Å². The monoisotopic (exact) mass is 379 g/mol. The van der Waals surface area contributed by atoms with Crippen LogP contribution in [-0.2, 0) is 9.63 Å². The van der Waals surface area contributed by atoms with E-state index in [-0.39, 0.29) is 17.0 Å². The Hall–Kier alpha value is -0.910. The molecule has 3 nitrogen and oxygen atoms in total. The zero-order valence-corrected chi connectivity index (χ0v) is 17.7. The summed E-state index contributed by atoms with van der Waals surface area (Å²) in [5.74, 6) is -0.270. The lowest BCUT2D eigenvalue weighted by Crippen LogP contribution is -2.58. The van der Waals surface area contributed by atoms with Crippen LogP contribution in [0.4, 0.5) is 0 Å². The maximum atomic E-state index is 13.2. The van der Waals surface area contributed by atoms with Crippen LogP contribution in [0.2, 0.25) is 0 Å². The molecular formula is C20H29NO2S2. The van der Waals surface area contributed by atoms with Gasteiger partial charge in [-0.2, -0.15) is 0 Å². The first-order valence-electron chi connectivity index (χ1n) is 8.63. The summed E-state index contributed by atoms with van der Waals surface area (Å²) < 4.78 is 0.976. The zero-order valence-electron chi connectivity index (χ0n) is 16.1. The van der Waals surface area contributed by atoms with Crippen molar-refractivity contribution in [3.63, 3.8) is 0 Å². The molecule has 1 heterocycles. The first-order valence-corrected chi connectivity index (χ1v) is 11.1. The standard InChI is InChI=1S/C20H29NO2S2/c1-19(2)13-10-14-20(3,4)21(19)23-17(22)16(18(24-5)25-6)15-11-8-7-9-12-15/h7-9,11-12H,10,13-14H2,1-6H3. The first kappa shape index (κ1) is 20.4. The highest BCUT2D eigenvalue weighted by Crippen LogP contribution is 2.40. The second-order valence-electron chi connectivity index (χ2n) is 7.59. The van der Waals surface area contributed by atoms with Crippen LogP contribution >= 0.6 is 23.5 Å². The summed E-state index contributed by atoms with van der Waals surface area (Å²) >= 11 is 3.17. The van der Waals surface area contributed by atoms with E-state index in [1.165, 1.54) is 0 Å². The summed E-state index contributed by atoms with van der Waals surface area (Å²) in [5.41, 5.74) is 1.22. The van der Waals surface area contributed by atoms with E-state index in [9.17, 15) is 4.79 Å². The molecule has 1 aromatic rings. The number of hydrogen-bond acceptors (Lipinski definition) is 5. The van der Waals surface area contributed by atoms with Gasteiger partial charge in [-0.25, -0.2) is 4.79 Å². The second kappa shape index (κ2) is 8.19. The van der Waals surface area contributed by atoms with Crippen molar-refractivity contribution in [2.75, 3.05) is 12.5 Å². The van der Waals surface area contributed by atoms with Crippen molar-refractivity contribution in [2.45, 2.75) is 58.0 Å². The van der Waals surface area contributed by atoms with Crippen molar-refractivity contribution in [1.29, 1.82) is 0 Å². The number of rotatable bonds is 5. The number of piperidine rings is 1. The van der Waals surface area contributed by atoms with Gasteiger partial charge in [-0.05, 0) is 65.0 Å². The van der Waals surface area contributed by atoms with Crippen LogP contribution in [0.1, 0.15) is 52.5 Å². The van der Waals surface area contributed by atoms with E-state index in [2.05, 4.69) is 27.7 Å². The summed E-state index contributed by atoms with van der Waals surface area (Å²) in [6.07, 6.45) is 7.18. The van der Waals surface area contributed by atoms with E-state index in [0.29, 0.717) is 5.57 Å². The number of benzene rings is 1. The van der Waals surface area contributed by atoms with Gasteiger partial charge < -0.3 is 4.84 Å². The minimum absolute atomic E-state index is 0.169. The number of hydrogen-bond donors (Lipinski definition) is 0. The first-order chi connectivity index (χ1) is 11.7. The second-order valence-corrected chi connectivity index (χ2v) is 9.48. The molecule has 0 aliphatic carbocycles. The molecule has 25 heavy (non-hydrogen) atoms. The third-order valence-corrected chi connectivity index (χ3v) is 6.84. The molecular weight excluding hydrogens is 350 g/mol. The van der Waals surface area contributed by atoms with E-state index < -0.39 is 0 Å². The summed E-state index contributed by atoms with van der Waals surface area (Å²) in [5, 5.41) is 1.92. The lowest BCUT2D eigenvalue weighted by Gasteiger charge is -2.50. The highest BCUT2D eigenvalue weighted by atomic mass is 32.2. The van der Waals surface area contributed by atoms with Gasteiger partial charge in [0.25, 0.3) is 0 Å². The van der Waals surface area contributed by atoms with Crippen LogP contribution in [0.25, 0.3) is 5.57 Å². The van der Waals surface area contributed by atoms with Gasteiger partial charge in [-0.15, -0.1) is 28.6 Å². The number of hydroxylamine groups is 2. The fraction of sp³-hybridized carbons (Fsp3) is 0.550. The van der Waals surface area contributed by atoms with Gasteiger partial charge in [0.05, 0.1) is 20.9 Å². The van der Waals surface area contributed by atoms with E-state index in [4.69, 9.17) is 4.84 Å². The Morgan fingerprint density at radius 3 is 2.00 bits per heavy atom. The van der Waals surface area contributed by atoms with Gasteiger partial charge in [0.1, 0.15) is 0 Å². The highest BCUT2D eigenvalue weighted by molar-refractivity contribution is 8.22. The van der Waals surface area contributed by atoms with Crippen LogP contribution in [0.5, 0.6) is 0 Å². The fourth-order valence-electron chi connectivity index (χ4n) is 3.56. The maximum Gasteiger partial charge on any atom is 0.359 e. The molecule has 0 spiro atoms. The lowest BCUT2D eigenvalue weighted by atomic mass is 9.82. The van der Waals surface area contributed by atoms with Crippen LogP contribution in [-0.4, -0.2) is 34.6 Å². The van der Waals surface area contributed by atoms with E-state index in [1.807, 2.05) is 47.9 Å². The van der Waals surface area contributed by atoms with Crippen LogP contribution < -0.4 is 0 Å². The molecule has 1 fully saturated rings. The van der Waals surface area contributed by atoms with Crippen molar-refractivity contribution in [1.82, 2.24) is 5.06 Å². The zero-order chi connectivity index (χ0) is 18.7. The topological polar surface area (TPSA) is 29.5 Å². The van der Waals surface area contributed by atoms with Crippen molar-refractivity contribution < 1.29 is 9.63 Å². The molecule has 0 saturated carbocycles. The summed E-state index contributed by atoms with van der Waals surface area (Å²) in [6.45, 7) is 8.60. The van der Waals surface area contributed by atoms with Crippen molar-refractivity contribution in [3.05, 3.63) is 40.1 Å². The molecule has 0 amide bonds. The van der Waals surface area contributed by atoms with Gasteiger partial charge in [-0.3, -0.25) is 0 Å². The third-order valence-electron chi connectivity index (χ3n) is 4.69. The maximum absolute atomic E-state index is 13.2. The number of thioether (sulfide) groups is 2. The van der Waals surface area contributed by atoms with Gasteiger partial charge >= 0.3 is 5.97 Å². The van der Waals surface area contributed by atoms with E-state index in [1.54, 1.807) is 23.5 Å². The molecule has 1 aliphatic rings. The average molecular weight is 380 g/mol. The largest absolute Gasteiger partial charge is 0.363 e. The molecule has 1 aliphatic heterocycles. The molecule has 0 N–H and O–H groups in total. The number of nitrogens with zero attached hydrogens (tertiary/aromatic N) is 1. The molecule has 1 aromatic carbocycles. The van der Waals surface area contributed by atoms with Crippen LogP contribution in [0.3, 0.4) is 0 Å². The number of carbonyl (C=O) groups is 1. The van der Waals surface area contributed by atoms with Crippen LogP contribution in [0.15, 0.2) is 34.6 Å². The lowest BCUT2D eigenvalue weighted by molar-refractivity contribution is -0.260. The quantitative estimate of drug-likeness (QED) is 0.623. The Bertz CT molecular complexity index is 616. The van der Waals surface area contributed by atoms with Crippen molar-refractivity contribution in [2.24, 2.45) is 0 Å². The molecule has 0 radical (unpaired) electrons. The normalized spacial score (nSPS) is 19.3. The predicted molar refractivity (Wildman–Crippen MR) is 110 cm³/mol. The van der Waals surface area contributed by atoms with Crippen molar-refractivity contribution in [3.8, 4) is 0 Å². The molecule has 0 aromatic heterocycles. The smallest absolute Gasteiger partial charge is 0.359 e. The number of carbonyl (C=O) groups excluding carboxylic acids is 1. The summed E-state index contributed by atoms with van der Waals surface area (Å²) in [6, 6.07) is 9.80. The average Bonchev–Trinajstić information content (AvgIpc) is 2.56. The van der Waals surface area contributed by atoms with Crippen molar-refractivity contribution >= 4 is 35.1 Å². The van der Waals surface area contributed by atoms with E-state index >= 15 is 0 Å². The minimum Gasteiger partial charge on any atom is -0.363 e. The predicted octanol–water partition coefficient (Wildman–Crippen LogP) is 5.58. The van der Waals surface area contributed by atoms with Gasteiger partial charge in [0.2, 0.25) is 0 Å². The summed E-state index contributed by atoms with van der Waals surface area (Å²) in [7, 11) is 0. The fourth-order valence-corrected chi connectivity index (χ4v) is 5.04. The minimum atomic E-state index is -0.270. The molecule has 5 heteroatoms. The molecule has 2 rings (SSSR count). The Morgan fingerprint density at radius 1 is 1.00 bits per heavy atom.